The molecule has 6 aromatic carbocycles. The third-order valence-corrected chi connectivity index (χ3v) is 9.62. The predicted octanol–water partition coefficient (Wildman–Crippen LogP) is 9.90. The van der Waals surface area contributed by atoms with Crippen LogP contribution < -0.4 is 10.4 Å². The molecule has 8 aromatic rings. The Kier molecular flexibility index (Phi) is 4.91. The van der Waals surface area contributed by atoms with Gasteiger partial charge in [-0.05, 0) is 48.0 Å². The first-order valence-electron chi connectivity index (χ1n) is 14.0. The first kappa shape index (κ1) is 22.9. The van der Waals surface area contributed by atoms with Gasteiger partial charge >= 0.3 is 0 Å². The third-order valence-electron chi connectivity index (χ3n) is 8.43. The van der Waals surface area contributed by atoms with Crippen molar-refractivity contribution in [2.75, 3.05) is 5.01 Å². The lowest BCUT2D eigenvalue weighted by Crippen LogP contribution is -2.30. The molecule has 0 radical (unpaired) electrons. The Labute approximate surface area is 241 Å². The molecule has 0 spiro atoms. The maximum Gasteiger partial charge on any atom is 0.0787 e. The van der Waals surface area contributed by atoms with Crippen LogP contribution in [0.1, 0.15) is 17.2 Å². The molecule has 0 aliphatic carbocycles. The molecule has 1 aliphatic heterocycles. The summed E-state index contributed by atoms with van der Waals surface area (Å²) in [6.07, 6.45) is 0. The van der Waals surface area contributed by atoms with Gasteiger partial charge in [0.25, 0.3) is 0 Å². The molecule has 0 amide bonds. The van der Waals surface area contributed by atoms with Gasteiger partial charge in [-0.2, -0.15) is 0 Å². The molecule has 1 atom stereocenters. The van der Waals surface area contributed by atoms with Gasteiger partial charge in [0.2, 0.25) is 0 Å². The fraction of sp³-hybridized carbons (Fsp3) is 0.0270. The van der Waals surface area contributed by atoms with Crippen molar-refractivity contribution in [3.63, 3.8) is 0 Å². The van der Waals surface area contributed by atoms with Gasteiger partial charge in [0, 0.05) is 37.5 Å². The monoisotopic (exact) mass is 543 g/mol. The van der Waals surface area contributed by atoms with Crippen molar-refractivity contribution in [1.29, 1.82) is 0 Å². The number of aromatic nitrogens is 1. The number of fused-ring (bicyclic) bond motifs is 8. The summed E-state index contributed by atoms with van der Waals surface area (Å²) in [5, 5.41) is 7.46. The van der Waals surface area contributed by atoms with Crippen molar-refractivity contribution in [1.82, 2.24) is 9.99 Å². The number of hydrazine groups is 1. The van der Waals surface area contributed by atoms with E-state index in [2.05, 4.69) is 155 Å². The SMILES string of the molecule is c1ccc(C2NN(c3ccc(-n4c5ccccc5c5ccc6c7ccccc7sc6c54)cc3)c3ccccc32)cc1. The molecule has 41 heavy (non-hydrogen) atoms. The van der Waals surface area contributed by atoms with E-state index >= 15 is 0 Å². The zero-order chi connectivity index (χ0) is 26.9. The van der Waals surface area contributed by atoms with Gasteiger partial charge in [-0.25, -0.2) is 5.43 Å². The maximum atomic E-state index is 3.77. The summed E-state index contributed by atoms with van der Waals surface area (Å²) in [4.78, 5) is 0. The number of para-hydroxylation sites is 2. The topological polar surface area (TPSA) is 20.2 Å². The van der Waals surface area contributed by atoms with Crippen LogP contribution in [0.4, 0.5) is 11.4 Å². The molecule has 2 aromatic heterocycles. The second kappa shape index (κ2) is 8.80. The van der Waals surface area contributed by atoms with E-state index in [1.807, 2.05) is 11.3 Å². The van der Waals surface area contributed by atoms with Crippen LogP contribution in [0.25, 0.3) is 47.7 Å². The van der Waals surface area contributed by atoms with Gasteiger partial charge in [0.15, 0.2) is 0 Å². The minimum Gasteiger partial charge on any atom is -0.308 e. The maximum absolute atomic E-state index is 3.77. The summed E-state index contributed by atoms with van der Waals surface area (Å²) in [6.45, 7) is 0. The average molecular weight is 544 g/mol. The van der Waals surface area contributed by atoms with E-state index in [0.717, 1.165) is 11.4 Å². The lowest BCUT2D eigenvalue weighted by atomic mass is 9.99. The molecule has 3 nitrogen and oxygen atoms in total. The van der Waals surface area contributed by atoms with Crippen molar-refractivity contribution in [3.8, 4) is 5.69 Å². The second-order valence-electron chi connectivity index (χ2n) is 10.7. The van der Waals surface area contributed by atoms with Gasteiger partial charge < -0.3 is 4.57 Å². The molecular weight excluding hydrogens is 518 g/mol. The van der Waals surface area contributed by atoms with Crippen LogP contribution in [0.2, 0.25) is 0 Å². The second-order valence-corrected chi connectivity index (χ2v) is 11.7. The molecule has 0 bridgehead atoms. The van der Waals surface area contributed by atoms with Crippen LogP contribution in [0.15, 0.2) is 140 Å². The highest BCUT2D eigenvalue weighted by Gasteiger charge is 2.30. The fourth-order valence-corrected chi connectivity index (χ4v) is 7.81. The van der Waals surface area contributed by atoms with Crippen molar-refractivity contribution >= 4 is 64.7 Å². The largest absolute Gasteiger partial charge is 0.308 e. The summed E-state index contributed by atoms with van der Waals surface area (Å²) in [5.74, 6) is 0. The van der Waals surface area contributed by atoms with Crippen LogP contribution in [-0.4, -0.2) is 4.57 Å². The first-order valence-corrected chi connectivity index (χ1v) is 14.8. The molecule has 0 saturated heterocycles. The van der Waals surface area contributed by atoms with E-state index in [0.29, 0.717) is 0 Å². The van der Waals surface area contributed by atoms with Crippen molar-refractivity contribution in [2.45, 2.75) is 6.04 Å². The molecule has 9 rings (SSSR count). The molecule has 0 fully saturated rings. The summed E-state index contributed by atoms with van der Waals surface area (Å²) in [7, 11) is 0. The Morgan fingerprint density at radius 3 is 2.10 bits per heavy atom. The highest BCUT2D eigenvalue weighted by molar-refractivity contribution is 7.26. The number of benzene rings is 6. The van der Waals surface area contributed by atoms with E-state index in [-0.39, 0.29) is 6.04 Å². The van der Waals surface area contributed by atoms with E-state index in [4.69, 9.17) is 0 Å². The van der Waals surface area contributed by atoms with Crippen LogP contribution in [-0.2, 0) is 0 Å². The van der Waals surface area contributed by atoms with Crippen LogP contribution in [0.5, 0.6) is 0 Å². The van der Waals surface area contributed by atoms with Gasteiger partial charge in [0.1, 0.15) is 0 Å². The Balaban J connectivity index is 1.21. The van der Waals surface area contributed by atoms with Crippen molar-refractivity contribution in [2.24, 2.45) is 0 Å². The van der Waals surface area contributed by atoms with Crippen LogP contribution >= 0.6 is 11.3 Å². The zero-order valence-corrected chi connectivity index (χ0v) is 23.0. The number of rotatable bonds is 3. The highest BCUT2D eigenvalue weighted by Crippen LogP contribution is 2.44. The van der Waals surface area contributed by atoms with E-state index in [1.54, 1.807) is 0 Å². The van der Waals surface area contributed by atoms with Gasteiger partial charge in [-0.15, -0.1) is 11.3 Å². The number of hydrogen-bond acceptors (Lipinski definition) is 3. The minimum absolute atomic E-state index is 0.116. The molecule has 194 valence electrons. The van der Waals surface area contributed by atoms with E-state index in [1.165, 1.54) is 58.8 Å². The standard InChI is InChI=1S/C37H25N3S/c1-2-10-24(11-3-1)35-31-14-5-8-16-33(31)40(38-35)26-20-18-25(19-21-26)39-32-15-7-4-12-27(32)29-22-23-30-28-13-6-9-17-34(28)41-37(30)36(29)39/h1-23,35,38H. The lowest BCUT2D eigenvalue weighted by Gasteiger charge is -2.22. The van der Waals surface area contributed by atoms with Crippen molar-refractivity contribution < 1.29 is 0 Å². The number of nitrogens with zero attached hydrogens (tertiary/aromatic N) is 2. The van der Waals surface area contributed by atoms with Crippen LogP contribution in [0.3, 0.4) is 0 Å². The summed E-state index contributed by atoms with van der Waals surface area (Å²) in [6, 6.07) is 50.6. The quantitative estimate of drug-likeness (QED) is 0.239. The lowest BCUT2D eigenvalue weighted by molar-refractivity contribution is 0.668. The van der Waals surface area contributed by atoms with Crippen LogP contribution in [0, 0.1) is 0 Å². The van der Waals surface area contributed by atoms with Gasteiger partial charge in [-0.1, -0.05) is 97.1 Å². The average Bonchev–Trinajstić information content (AvgIpc) is 3.72. The summed E-state index contributed by atoms with van der Waals surface area (Å²) < 4.78 is 5.11. The number of thiophene rings is 1. The summed E-state index contributed by atoms with van der Waals surface area (Å²) in [5.41, 5.74) is 12.3. The van der Waals surface area contributed by atoms with E-state index in [9.17, 15) is 0 Å². The van der Waals surface area contributed by atoms with Gasteiger partial charge in [0.05, 0.1) is 33.1 Å². The van der Waals surface area contributed by atoms with E-state index < -0.39 is 0 Å². The molecule has 4 heteroatoms. The normalized spacial score (nSPS) is 14.9. The predicted molar refractivity (Wildman–Crippen MR) is 174 cm³/mol. The number of anilines is 2. The minimum atomic E-state index is 0.116. The molecule has 0 saturated carbocycles. The Morgan fingerprint density at radius 2 is 1.22 bits per heavy atom. The molecule has 1 N–H and O–H groups in total. The van der Waals surface area contributed by atoms with Gasteiger partial charge in [-0.3, -0.25) is 5.01 Å². The smallest absolute Gasteiger partial charge is 0.0787 e. The molecular formula is C37H25N3S. The summed E-state index contributed by atoms with van der Waals surface area (Å²) >= 11 is 1.89. The molecule has 1 unspecified atom stereocenters. The Hall–Kier alpha value is -4.90. The molecule has 3 heterocycles. The van der Waals surface area contributed by atoms with Crippen molar-refractivity contribution in [3.05, 3.63) is 151 Å². The first-order chi connectivity index (χ1) is 20.3. The number of nitrogens with one attached hydrogen (secondary N) is 1. The number of hydrogen-bond donors (Lipinski definition) is 1. The highest BCUT2D eigenvalue weighted by atomic mass is 32.1. The molecule has 1 aliphatic rings. The zero-order valence-electron chi connectivity index (χ0n) is 22.2. The fourth-order valence-electron chi connectivity index (χ4n) is 6.57. The Morgan fingerprint density at radius 1 is 0.537 bits per heavy atom. The third kappa shape index (κ3) is 3.35. The Bertz CT molecular complexity index is 2240.